The summed E-state index contributed by atoms with van der Waals surface area (Å²) in [4.78, 5) is 15.1. The molecule has 1 unspecified atom stereocenters. The van der Waals surface area contributed by atoms with Crippen molar-refractivity contribution in [1.29, 1.82) is 0 Å². The summed E-state index contributed by atoms with van der Waals surface area (Å²) in [6, 6.07) is 8.95. The van der Waals surface area contributed by atoms with E-state index in [0.717, 1.165) is 30.7 Å². The van der Waals surface area contributed by atoms with E-state index in [9.17, 15) is 4.79 Å². The predicted molar refractivity (Wildman–Crippen MR) is 123 cm³/mol. The number of hydrogen-bond donors (Lipinski definition) is 1. The molecule has 0 radical (unpaired) electrons. The normalized spacial score (nSPS) is 15.6. The Labute approximate surface area is 184 Å². The van der Waals surface area contributed by atoms with Gasteiger partial charge in [-0.3, -0.25) is 9.48 Å². The number of anilines is 1. The van der Waals surface area contributed by atoms with Crippen LogP contribution in [0.25, 0.3) is 0 Å². The summed E-state index contributed by atoms with van der Waals surface area (Å²) in [5.74, 6) is 1.51. The summed E-state index contributed by atoms with van der Waals surface area (Å²) in [5, 5.41) is 7.49. The van der Waals surface area contributed by atoms with Crippen LogP contribution in [0.1, 0.15) is 30.3 Å². The highest BCUT2D eigenvalue weighted by Gasteiger charge is 2.18. The molecule has 1 N–H and O–H groups in total. The average molecular weight is 425 g/mol. The second-order valence-corrected chi connectivity index (χ2v) is 8.06. The van der Waals surface area contributed by atoms with Crippen LogP contribution in [0, 0.1) is 5.92 Å². The monoisotopic (exact) mass is 424 g/mol. The Morgan fingerprint density at radius 1 is 1.29 bits per heavy atom. The molecule has 1 atom stereocenters. The largest absolute Gasteiger partial charge is 0.497 e. The number of nitrogens with one attached hydrogen (secondary N) is 1. The van der Waals surface area contributed by atoms with Gasteiger partial charge in [0.1, 0.15) is 11.4 Å². The molecule has 0 spiro atoms. The molecule has 1 heterocycles. The molecule has 1 aromatic carbocycles. The first-order valence-corrected chi connectivity index (χ1v) is 10.6. The fourth-order valence-electron chi connectivity index (χ4n) is 3.26. The minimum absolute atomic E-state index is 0.227. The Morgan fingerprint density at radius 3 is 2.71 bits per heavy atom. The van der Waals surface area contributed by atoms with Crippen molar-refractivity contribution < 1.29 is 14.3 Å². The number of amides is 1. The van der Waals surface area contributed by atoms with Gasteiger partial charge in [0.25, 0.3) is 5.91 Å². The first-order chi connectivity index (χ1) is 14.9. The van der Waals surface area contributed by atoms with Crippen molar-refractivity contribution in [2.75, 3.05) is 39.7 Å². The predicted octanol–water partition coefficient (Wildman–Crippen LogP) is 4.00. The van der Waals surface area contributed by atoms with E-state index in [-0.39, 0.29) is 5.91 Å². The van der Waals surface area contributed by atoms with E-state index in [1.807, 2.05) is 38.4 Å². The van der Waals surface area contributed by atoms with Crippen molar-refractivity contribution in [1.82, 2.24) is 14.7 Å². The topological polar surface area (TPSA) is 68.6 Å². The van der Waals surface area contributed by atoms with Crippen LogP contribution in [0.2, 0.25) is 0 Å². The summed E-state index contributed by atoms with van der Waals surface area (Å²) in [6.07, 6.45) is 8.38. The fraction of sp³-hybridized carbons (Fsp3) is 0.417. The minimum atomic E-state index is -0.227. The van der Waals surface area contributed by atoms with Crippen molar-refractivity contribution in [3.63, 3.8) is 0 Å². The number of benzene rings is 1. The lowest BCUT2D eigenvalue weighted by Crippen LogP contribution is -2.18. The van der Waals surface area contributed by atoms with Crippen molar-refractivity contribution >= 4 is 11.6 Å². The quantitative estimate of drug-likeness (QED) is 0.584. The highest BCUT2D eigenvalue weighted by Crippen LogP contribution is 2.21. The molecule has 3 rings (SSSR count). The smallest absolute Gasteiger partial charge is 0.274 e. The number of ether oxygens (including phenoxy) is 2. The molecule has 0 aliphatic heterocycles. The highest BCUT2D eigenvalue weighted by molar-refractivity contribution is 6.03. The van der Waals surface area contributed by atoms with Crippen LogP contribution < -0.4 is 14.8 Å². The third kappa shape index (κ3) is 6.72. The maximum atomic E-state index is 13.0. The zero-order chi connectivity index (χ0) is 22.2. The maximum absolute atomic E-state index is 13.0. The lowest BCUT2D eigenvalue weighted by molar-refractivity contribution is 0.101. The number of carbonyl (C=O) groups is 1. The van der Waals surface area contributed by atoms with E-state index >= 15 is 0 Å². The first-order valence-electron chi connectivity index (χ1n) is 10.6. The van der Waals surface area contributed by atoms with E-state index < -0.39 is 0 Å². The lowest BCUT2D eigenvalue weighted by atomic mass is 9.98. The summed E-state index contributed by atoms with van der Waals surface area (Å²) in [5.41, 5.74) is 2.29. The van der Waals surface area contributed by atoms with Gasteiger partial charge < -0.3 is 19.7 Å². The van der Waals surface area contributed by atoms with Gasteiger partial charge in [-0.1, -0.05) is 25.2 Å². The van der Waals surface area contributed by atoms with E-state index in [4.69, 9.17) is 9.47 Å². The number of nitrogens with zero attached hydrogens (tertiary/aromatic N) is 3. The molecule has 0 bridgehead atoms. The van der Waals surface area contributed by atoms with Crippen LogP contribution >= 0.6 is 0 Å². The molecular weight excluding hydrogens is 392 g/mol. The van der Waals surface area contributed by atoms with Gasteiger partial charge in [-0.2, -0.15) is 0 Å². The molecule has 7 nitrogen and oxygen atoms in total. The Bertz CT molecular complexity index is 929. The van der Waals surface area contributed by atoms with E-state index in [1.54, 1.807) is 17.9 Å². The van der Waals surface area contributed by atoms with Crippen LogP contribution in [0.3, 0.4) is 0 Å². The first kappa shape index (κ1) is 22.6. The molecule has 1 aliphatic rings. The molecule has 0 saturated carbocycles. The SMILES string of the molecule is COc1ccc(NC(=O)c2cc(OCCCN(C)C)nn2CC2=CCC(C)C=C2)cc1. The molecule has 7 heteroatoms. The molecule has 2 aromatic rings. The summed E-state index contributed by atoms with van der Waals surface area (Å²) >= 11 is 0. The summed E-state index contributed by atoms with van der Waals surface area (Å²) in [7, 11) is 5.67. The summed E-state index contributed by atoms with van der Waals surface area (Å²) in [6.45, 7) is 4.19. The Kier molecular flexibility index (Phi) is 7.89. The molecular formula is C24H32N4O3. The van der Waals surface area contributed by atoms with Gasteiger partial charge in [-0.05, 0) is 62.7 Å². The van der Waals surface area contributed by atoms with Gasteiger partial charge in [0.15, 0.2) is 0 Å². The van der Waals surface area contributed by atoms with Crippen molar-refractivity contribution in [2.45, 2.75) is 26.3 Å². The van der Waals surface area contributed by atoms with Gasteiger partial charge in [0.05, 0.1) is 20.3 Å². The van der Waals surface area contributed by atoms with Crippen molar-refractivity contribution in [3.05, 3.63) is 59.8 Å². The molecule has 0 fully saturated rings. The van der Waals surface area contributed by atoms with Crippen molar-refractivity contribution in [2.24, 2.45) is 5.92 Å². The average Bonchev–Trinajstić information content (AvgIpc) is 3.16. The van der Waals surface area contributed by atoms with Crippen LogP contribution in [0.5, 0.6) is 11.6 Å². The molecule has 1 aliphatic carbocycles. The van der Waals surface area contributed by atoms with Gasteiger partial charge in [-0.15, -0.1) is 5.10 Å². The number of hydrogen-bond acceptors (Lipinski definition) is 5. The van der Waals surface area contributed by atoms with E-state index in [2.05, 4.69) is 40.5 Å². The zero-order valence-electron chi connectivity index (χ0n) is 18.8. The number of rotatable bonds is 10. The van der Waals surface area contributed by atoms with E-state index in [0.29, 0.717) is 36.3 Å². The van der Waals surface area contributed by atoms with Crippen molar-refractivity contribution in [3.8, 4) is 11.6 Å². The molecule has 0 saturated heterocycles. The third-order valence-electron chi connectivity index (χ3n) is 5.06. The van der Waals surface area contributed by atoms with Crippen LogP contribution in [-0.4, -0.2) is 54.9 Å². The summed E-state index contributed by atoms with van der Waals surface area (Å²) < 4.78 is 12.7. The number of allylic oxidation sites excluding steroid dienone is 4. The Morgan fingerprint density at radius 2 is 2.06 bits per heavy atom. The minimum Gasteiger partial charge on any atom is -0.497 e. The van der Waals surface area contributed by atoms with E-state index in [1.165, 1.54) is 0 Å². The van der Waals surface area contributed by atoms with Gasteiger partial charge >= 0.3 is 0 Å². The third-order valence-corrected chi connectivity index (χ3v) is 5.06. The van der Waals surface area contributed by atoms with Crippen LogP contribution in [0.15, 0.2) is 54.1 Å². The number of methoxy groups -OCH3 is 1. The Hall–Kier alpha value is -3.06. The molecule has 1 aromatic heterocycles. The standard InChI is InChI=1S/C24H32N4O3/c1-18-6-8-19(9-7-18)17-28-22(16-23(26-28)31-15-5-14-27(2)3)24(29)25-20-10-12-21(30-4)13-11-20/h6,8-13,16,18H,5,7,14-15,17H2,1-4H3,(H,25,29). The highest BCUT2D eigenvalue weighted by atomic mass is 16.5. The fourth-order valence-corrected chi connectivity index (χ4v) is 3.26. The van der Waals surface area contributed by atoms with Gasteiger partial charge in [0.2, 0.25) is 5.88 Å². The maximum Gasteiger partial charge on any atom is 0.274 e. The Balaban J connectivity index is 1.74. The second kappa shape index (κ2) is 10.8. The lowest BCUT2D eigenvalue weighted by Gasteiger charge is -2.13. The molecule has 1 amide bonds. The van der Waals surface area contributed by atoms with Gasteiger partial charge in [-0.25, -0.2) is 0 Å². The zero-order valence-corrected chi connectivity index (χ0v) is 18.8. The number of aromatic nitrogens is 2. The number of carbonyl (C=O) groups excluding carboxylic acids is 1. The molecule has 31 heavy (non-hydrogen) atoms. The van der Waals surface area contributed by atoms with Crippen LogP contribution in [0.4, 0.5) is 5.69 Å². The molecule has 166 valence electrons. The second-order valence-electron chi connectivity index (χ2n) is 8.06. The van der Waals surface area contributed by atoms with Gasteiger partial charge in [0, 0.05) is 18.3 Å². The van der Waals surface area contributed by atoms with Crippen LogP contribution in [-0.2, 0) is 6.54 Å².